The molecule has 0 amide bonds. The van der Waals surface area contributed by atoms with Gasteiger partial charge in [0.2, 0.25) is 0 Å². The Bertz CT molecular complexity index is 696. The lowest BCUT2D eigenvalue weighted by Gasteiger charge is -2.60. The molecular weight excluding hydrogens is 386 g/mol. The molecule has 2 unspecified atom stereocenters. The average molecular weight is 412 g/mol. The van der Waals surface area contributed by atoms with Crippen LogP contribution in [0.2, 0.25) is 0 Å². The zero-order valence-corrected chi connectivity index (χ0v) is 16.5. The standard InChI is InChI=1S/C19H26BrNO4/c1-21-5-4-19-9-14(22)15(24-2)7-11(19)13(21)6-10-12(20)8-16(25-3)18(23)17(10)19/h8,11,13-15,22-23H,4-7,9H2,1-3H3/t11?,13-,14-,15?,19+/m0/s1. The van der Waals surface area contributed by atoms with Gasteiger partial charge in [0.05, 0.1) is 19.3 Å². The minimum absolute atomic E-state index is 0.134. The smallest absolute Gasteiger partial charge is 0.161 e. The second-order valence-electron chi connectivity index (χ2n) is 7.81. The van der Waals surface area contributed by atoms with Crippen molar-refractivity contribution in [2.75, 3.05) is 27.8 Å². The molecule has 0 aromatic heterocycles. The predicted octanol–water partition coefficient (Wildman–Crippen LogP) is 2.45. The number of aliphatic hydroxyl groups excluding tert-OH is 1. The molecule has 1 aliphatic heterocycles. The van der Waals surface area contributed by atoms with Crippen molar-refractivity contribution in [1.29, 1.82) is 0 Å². The van der Waals surface area contributed by atoms with Crippen LogP contribution in [0.5, 0.6) is 11.5 Å². The Labute approximate surface area is 157 Å². The number of aromatic hydroxyl groups is 1. The average Bonchev–Trinajstić information content (AvgIpc) is 2.59. The maximum atomic E-state index is 11.0. The molecular formula is C19H26BrNO4. The summed E-state index contributed by atoms with van der Waals surface area (Å²) >= 11 is 3.69. The molecule has 2 N–H and O–H groups in total. The lowest BCUT2D eigenvalue weighted by Crippen LogP contribution is -2.63. The van der Waals surface area contributed by atoms with Gasteiger partial charge in [0.25, 0.3) is 0 Å². The van der Waals surface area contributed by atoms with Gasteiger partial charge in [-0.05, 0) is 56.8 Å². The van der Waals surface area contributed by atoms with Crippen LogP contribution in [0.4, 0.5) is 0 Å². The molecule has 1 saturated heterocycles. The number of nitrogens with zero attached hydrogens (tertiary/aromatic N) is 1. The minimum atomic E-state index is -0.513. The number of likely N-dealkylation sites (N-methyl/N-ethyl adjacent to an activating group) is 1. The number of phenolic OH excluding ortho intramolecular Hbond substituents is 1. The van der Waals surface area contributed by atoms with Crippen LogP contribution in [-0.4, -0.2) is 61.2 Å². The quantitative estimate of drug-likeness (QED) is 0.782. The lowest BCUT2D eigenvalue weighted by molar-refractivity contribution is -0.114. The molecule has 2 fully saturated rings. The number of benzene rings is 1. The van der Waals surface area contributed by atoms with Crippen molar-refractivity contribution < 1.29 is 19.7 Å². The van der Waals surface area contributed by atoms with Crippen LogP contribution >= 0.6 is 15.9 Å². The van der Waals surface area contributed by atoms with Gasteiger partial charge in [-0.25, -0.2) is 0 Å². The number of ether oxygens (including phenoxy) is 2. The third-order valence-electron chi connectivity index (χ3n) is 6.89. The minimum Gasteiger partial charge on any atom is -0.504 e. The van der Waals surface area contributed by atoms with Crippen molar-refractivity contribution in [3.8, 4) is 11.5 Å². The number of hydrogen-bond donors (Lipinski definition) is 2. The van der Waals surface area contributed by atoms with Crippen LogP contribution in [0, 0.1) is 5.92 Å². The van der Waals surface area contributed by atoms with E-state index in [0.29, 0.717) is 24.1 Å². The third kappa shape index (κ3) is 2.37. The number of methoxy groups -OCH3 is 2. The van der Waals surface area contributed by atoms with Crippen molar-refractivity contribution >= 4 is 15.9 Å². The number of halogens is 1. The van der Waals surface area contributed by atoms with E-state index in [2.05, 4.69) is 27.9 Å². The summed E-state index contributed by atoms with van der Waals surface area (Å²) in [6.45, 7) is 0.971. The number of fused-ring (bicyclic) bond motifs is 1. The van der Waals surface area contributed by atoms with E-state index >= 15 is 0 Å². The van der Waals surface area contributed by atoms with Crippen LogP contribution in [0.1, 0.15) is 30.4 Å². The topological polar surface area (TPSA) is 62.2 Å². The molecule has 6 heteroatoms. The highest BCUT2D eigenvalue weighted by molar-refractivity contribution is 9.10. The molecule has 138 valence electrons. The monoisotopic (exact) mass is 411 g/mol. The Morgan fingerprint density at radius 3 is 2.80 bits per heavy atom. The van der Waals surface area contributed by atoms with Crippen molar-refractivity contribution in [2.45, 2.75) is 49.3 Å². The Balaban J connectivity index is 1.94. The molecule has 5 atom stereocenters. The molecule has 1 aromatic carbocycles. The summed E-state index contributed by atoms with van der Waals surface area (Å²) in [6, 6.07) is 2.26. The van der Waals surface area contributed by atoms with E-state index in [4.69, 9.17) is 9.47 Å². The maximum absolute atomic E-state index is 11.0. The van der Waals surface area contributed by atoms with E-state index < -0.39 is 6.10 Å². The van der Waals surface area contributed by atoms with Gasteiger partial charge < -0.3 is 24.6 Å². The van der Waals surface area contributed by atoms with Crippen LogP contribution in [-0.2, 0) is 16.6 Å². The first-order valence-corrected chi connectivity index (χ1v) is 9.72. The first-order chi connectivity index (χ1) is 11.9. The molecule has 0 radical (unpaired) electrons. The van der Waals surface area contributed by atoms with Gasteiger partial charge in [0, 0.05) is 28.6 Å². The van der Waals surface area contributed by atoms with E-state index in [1.54, 1.807) is 14.2 Å². The van der Waals surface area contributed by atoms with Crippen molar-refractivity contribution in [3.05, 3.63) is 21.7 Å². The molecule has 4 rings (SSSR count). The van der Waals surface area contributed by atoms with Gasteiger partial charge in [-0.3, -0.25) is 0 Å². The molecule has 2 bridgehead atoms. The first-order valence-electron chi connectivity index (χ1n) is 8.93. The third-order valence-corrected chi connectivity index (χ3v) is 7.60. The highest BCUT2D eigenvalue weighted by atomic mass is 79.9. The Morgan fingerprint density at radius 1 is 1.36 bits per heavy atom. The van der Waals surface area contributed by atoms with Crippen molar-refractivity contribution in [2.24, 2.45) is 5.92 Å². The fraction of sp³-hybridized carbons (Fsp3) is 0.684. The SMILES string of the molecule is COc1cc(Br)c2c(c1O)[C@@]13CCN(C)[C@@H](C2)C1CC(OC)[C@@H](O)C3. The van der Waals surface area contributed by atoms with Gasteiger partial charge >= 0.3 is 0 Å². The number of aliphatic hydroxyl groups is 1. The normalized spacial score (nSPS) is 37.3. The van der Waals surface area contributed by atoms with Gasteiger partial charge in [-0.1, -0.05) is 15.9 Å². The summed E-state index contributed by atoms with van der Waals surface area (Å²) in [7, 11) is 5.45. The molecule has 1 saturated carbocycles. The van der Waals surface area contributed by atoms with Crippen LogP contribution in [0.3, 0.4) is 0 Å². The zero-order valence-electron chi connectivity index (χ0n) is 15.0. The molecule has 25 heavy (non-hydrogen) atoms. The van der Waals surface area contributed by atoms with Gasteiger partial charge in [0.1, 0.15) is 0 Å². The largest absolute Gasteiger partial charge is 0.504 e. The number of piperidine rings is 1. The molecule has 1 aromatic rings. The molecule has 3 aliphatic rings. The van der Waals surface area contributed by atoms with E-state index in [-0.39, 0.29) is 17.3 Å². The van der Waals surface area contributed by atoms with E-state index in [0.717, 1.165) is 41.4 Å². The van der Waals surface area contributed by atoms with Crippen LogP contribution in [0.25, 0.3) is 0 Å². The van der Waals surface area contributed by atoms with Crippen LogP contribution < -0.4 is 4.74 Å². The second-order valence-corrected chi connectivity index (χ2v) is 8.66. The Hall–Kier alpha value is -0.820. The number of phenols is 1. The van der Waals surface area contributed by atoms with Gasteiger partial charge in [0.15, 0.2) is 11.5 Å². The summed E-state index contributed by atoms with van der Waals surface area (Å²) in [5, 5.41) is 21.7. The van der Waals surface area contributed by atoms with Crippen molar-refractivity contribution in [1.82, 2.24) is 4.90 Å². The summed E-state index contributed by atoms with van der Waals surface area (Å²) in [5.41, 5.74) is 1.93. The number of rotatable bonds is 2. The number of hydrogen-bond acceptors (Lipinski definition) is 5. The van der Waals surface area contributed by atoms with Gasteiger partial charge in [-0.2, -0.15) is 0 Å². The van der Waals surface area contributed by atoms with Gasteiger partial charge in [-0.15, -0.1) is 0 Å². The highest BCUT2D eigenvalue weighted by Crippen LogP contribution is 2.60. The van der Waals surface area contributed by atoms with E-state index in [1.807, 2.05) is 6.07 Å². The zero-order chi connectivity index (χ0) is 17.9. The molecule has 1 heterocycles. The Kier molecular flexibility index (Phi) is 4.30. The fourth-order valence-electron chi connectivity index (χ4n) is 5.67. The summed E-state index contributed by atoms with van der Waals surface area (Å²) in [5.74, 6) is 1.10. The lowest BCUT2D eigenvalue weighted by atomic mass is 9.51. The fourth-order valence-corrected chi connectivity index (χ4v) is 6.24. The number of likely N-dealkylation sites (tertiary alicyclic amines) is 1. The highest BCUT2D eigenvalue weighted by Gasteiger charge is 2.58. The van der Waals surface area contributed by atoms with Crippen molar-refractivity contribution in [3.63, 3.8) is 0 Å². The predicted molar refractivity (Wildman–Crippen MR) is 98.3 cm³/mol. The maximum Gasteiger partial charge on any atom is 0.161 e. The Morgan fingerprint density at radius 2 is 2.12 bits per heavy atom. The summed E-state index contributed by atoms with van der Waals surface area (Å²) in [6.07, 6.45) is 2.62. The first kappa shape index (κ1) is 17.6. The molecule has 5 nitrogen and oxygen atoms in total. The van der Waals surface area contributed by atoms with E-state index in [9.17, 15) is 10.2 Å². The summed E-state index contributed by atoms with van der Waals surface area (Å²) in [4.78, 5) is 2.43. The van der Waals surface area contributed by atoms with E-state index in [1.165, 1.54) is 0 Å². The summed E-state index contributed by atoms with van der Waals surface area (Å²) < 4.78 is 12.0. The molecule has 2 aliphatic carbocycles. The molecule has 0 spiro atoms. The van der Waals surface area contributed by atoms with Crippen LogP contribution in [0.15, 0.2) is 10.5 Å². The second kappa shape index (κ2) is 6.12.